The average Bonchev–Trinajstić information content (AvgIpc) is 2.75. The van der Waals surface area contributed by atoms with E-state index in [1.807, 2.05) is 12.3 Å². The molecule has 1 amide bonds. The summed E-state index contributed by atoms with van der Waals surface area (Å²) in [4.78, 5) is 26.3. The monoisotopic (exact) mass is 280 g/mol. The summed E-state index contributed by atoms with van der Waals surface area (Å²) < 4.78 is 0. The highest BCUT2D eigenvalue weighted by Gasteiger charge is 2.17. The van der Waals surface area contributed by atoms with Crippen LogP contribution >= 0.6 is 11.3 Å². The zero-order chi connectivity index (χ0) is 14.4. The van der Waals surface area contributed by atoms with Crippen LogP contribution in [0.15, 0.2) is 17.2 Å². The van der Waals surface area contributed by atoms with Crippen LogP contribution in [0.5, 0.6) is 0 Å². The Balaban J connectivity index is 2.69. The molecule has 1 aromatic rings. The van der Waals surface area contributed by atoms with Crippen molar-refractivity contribution in [3.63, 3.8) is 0 Å². The van der Waals surface area contributed by atoms with E-state index >= 15 is 0 Å². The number of aromatic nitrogens is 1. The molecular weight excluding hydrogens is 268 g/mol. The summed E-state index contributed by atoms with van der Waals surface area (Å²) in [5.74, 6) is -1.92. The largest absolute Gasteiger partial charge is 0.480 e. The summed E-state index contributed by atoms with van der Waals surface area (Å²) in [6.07, 6.45) is 1.20. The SMILES string of the molecule is Cc1csc(N/C=C(/C#N)C(=O)NC(C)C(=O)O)n1. The Labute approximate surface area is 113 Å². The first-order chi connectivity index (χ1) is 8.93. The molecule has 0 aliphatic rings. The molecule has 1 atom stereocenters. The van der Waals surface area contributed by atoms with Gasteiger partial charge < -0.3 is 15.7 Å². The van der Waals surface area contributed by atoms with Crippen molar-refractivity contribution in [3.8, 4) is 6.07 Å². The predicted molar refractivity (Wildman–Crippen MR) is 69.4 cm³/mol. The molecule has 8 heteroatoms. The van der Waals surface area contributed by atoms with Gasteiger partial charge in [-0.2, -0.15) is 5.26 Å². The smallest absolute Gasteiger partial charge is 0.325 e. The van der Waals surface area contributed by atoms with Crippen LogP contribution in [0.3, 0.4) is 0 Å². The Kier molecular flexibility index (Phi) is 5.02. The van der Waals surface area contributed by atoms with Gasteiger partial charge >= 0.3 is 5.97 Å². The number of carbonyl (C=O) groups excluding carboxylic acids is 1. The predicted octanol–water partition coefficient (Wildman–Crippen LogP) is 0.860. The summed E-state index contributed by atoms with van der Waals surface area (Å²) in [7, 11) is 0. The van der Waals surface area contributed by atoms with Gasteiger partial charge in [0.25, 0.3) is 5.91 Å². The van der Waals surface area contributed by atoms with Gasteiger partial charge in [-0.3, -0.25) is 9.59 Å². The molecule has 3 N–H and O–H groups in total. The van der Waals surface area contributed by atoms with Crippen molar-refractivity contribution in [2.24, 2.45) is 0 Å². The fourth-order valence-electron chi connectivity index (χ4n) is 1.04. The van der Waals surface area contributed by atoms with Crippen LogP contribution in [0, 0.1) is 18.3 Å². The van der Waals surface area contributed by atoms with Gasteiger partial charge in [-0.1, -0.05) is 0 Å². The molecule has 0 spiro atoms. The van der Waals surface area contributed by atoms with Crippen LogP contribution < -0.4 is 10.6 Å². The minimum Gasteiger partial charge on any atom is -0.480 e. The number of carboxylic acid groups (broad SMARTS) is 1. The maximum Gasteiger partial charge on any atom is 0.325 e. The van der Waals surface area contributed by atoms with E-state index in [9.17, 15) is 9.59 Å². The third-order valence-electron chi connectivity index (χ3n) is 2.04. The second-order valence-electron chi connectivity index (χ2n) is 3.64. The van der Waals surface area contributed by atoms with E-state index in [4.69, 9.17) is 10.4 Å². The van der Waals surface area contributed by atoms with Crippen molar-refractivity contribution in [3.05, 3.63) is 22.8 Å². The van der Waals surface area contributed by atoms with Gasteiger partial charge in [-0.25, -0.2) is 4.98 Å². The minimum atomic E-state index is -1.17. The third-order valence-corrected chi connectivity index (χ3v) is 2.93. The van der Waals surface area contributed by atoms with Crippen molar-refractivity contribution in [1.29, 1.82) is 5.26 Å². The number of aryl methyl sites for hydroxylation is 1. The number of nitriles is 1. The molecule has 0 aliphatic carbocycles. The first-order valence-electron chi connectivity index (χ1n) is 5.26. The number of nitrogens with one attached hydrogen (secondary N) is 2. The number of amides is 1. The number of anilines is 1. The second kappa shape index (κ2) is 6.51. The molecule has 0 bridgehead atoms. The van der Waals surface area contributed by atoms with Crippen LogP contribution in [-0.2, 0) is 9.59 Å². The molecule has 1 heterocycles. The molecule has 0 saturated heterocycles. The minimum absolute atomic E-state index is 0.221. The topological polar surface area (TPSA) is 115 Å². The lowest BCUT2D eigenvalue weighted by atomic mass is 10.2. The zero-order valence-corrected chi connectivity index (χ0v) is 11.1. The lowest BCUT2D eigenvalue weighted by Gasteiger charge is -2.08. The van der Waals surface area contributed by atoms with Gasteiger partial charge in [0.05, 0.1) is 5.69 Å². The Morgan fingerprint density at radius 2 is 2.32 bits per heavy atom. The Hall–Kier alpha value is -2.40. The summed E-state index contributed by atoms with van der Waals surface area (Å²) in [5, 5.41) is 24.8. The molecule has 19 heavy (non-hydrogen) atoms. The molecule has 1 unspecified atom stereocenters. The number of rotatable bonds is 5. The highest BCUT2D eigenvalue weighted by Crippen LogP contribution is 2.14. The first kappa shape index (κ1) is 14.7. The van der Waals surface area contributed by atoms with Crippen molar-refractivity contribution in [2.45, 2.75) is 19.9 Å². The highest BCUT2D eigenvalue weighted by molar-refractivity contribution is 7.13. The van der Waals surface area contributed by atoms with E-state index < -0.39 is 17.9 Å². The summed E-state index contributed by atoms with van der Waals surface area (Å²) >= 11 is 1.33. The Morgan fingerprint density at radius 1 is 1.63 bits per heavy atom. The van der Waals surface area contributed by atoms with E-state index in [0.717, 1.165) is 5.69 Å². The summed E-state index contributed by atoms with van der Waals surface area (Å²) in [6.45, 7) is 3.13. The molecule has 0 saturated carbocycles. The van der Waals surface area contributed by atoms with Gasteiger partial charge in [-0.15, -0.1) is 11.3 Å². The molecular formula is C11H12N4O3S. The van der Waals surface area contributed by atoms with E-state index in [1.54, 1.807) is 6.07 Å². The summed E-state index contributed by atoms with van der Waals surface area (Å²) in [5.41, 5.74) is 0.601. The molecule has 0 aliphatic heterocycles. The number of thiazole rings is 1. The van der Waals surface area contributed by atoms with Gasteiger partial charge in [0, 0.05) is 11.6 Å². The van der Waals surface area contributed by atoms with E-state index in [0.29, 0.717) is 5.13 Å². The molecule has 1 aromatic heterocycles. The third kappa shape index (κ3) is 4.40. The lowest BCUT2D eigenvalue weighted by molar-refractivity contribution is -0.140. The number of hydrogen-bond acceptors (Lipinski definition) is 6. The molecule has 1 rings (SSSR count). The van der Waals surface area contributed by atoms with E-state index in [2.05, 4.69) is 15.6 Å². The fraction of sp³-hybridized carbons (Fsp3) is 0.273. The maximum atomic E-state index is 11.6. The lowest BCUT2D eigenvalue weighted by Crippen LogP contribution is -2.39. The number of hydrogen-bond donors (Lipinski definition) is 3. The molecule has 100 valence electrons. The van der Waals surface area contributed by atoms with Crippen molar-refractivity contribution in [1.82, 2.24) is 10.3 Å². The molecule has 0 radical (unpaired) electrons. The van der Waals surface area contributed by atoms with Gasteiger partial charge in [-0.05, 0) is 13.8 Å². The van der Waals surface area contributed by atoms with Crippen LogP contribution in [0.1, 0.15) is 12.6 Å². The number of carbonyl (C=O) groups is 2. The normalized spacial score (nSPS) is 12.4. The molecule has 7 nitrogen and oxygen atoms in total. The van der Waals surface area contributed by atoms with Crippen LogP contribution in [-0.4, -0.2) is 28.0 Å². The standard InChI is InChI=1S/C11H12N4O3S/c1-6-5-19-11(14-6)13-4-8(3-12)9(16)15-7(2)10(17)18/h4-5,7H,1-2H3,(H,13,14)(H,15,16)(H,17,18)/b8-4-. The number of aliphatic carboxylic acids is 1. The zero-order valence-electron chi connectivity index (χ0n) is 10.3. The summed E-state index contributed by atoms with van der Waals surface area (Å²) in [6, 6.07) is 0.630. The van der Waals surface area contributed by atoms with Crippen molar-refractivity contribution >= 4 is 28.3 Å². The number of nitrogens with zero attached hydrogens (tertiary/aromatic N) is 2. The van der Waals surface area contributed by atoms with Gasteiger partial charge in [0.15, 0.2) is 5.13 Å². The van der Waals surface area contributed by atoms with E-state index in [-0.39, 0.29) is 5.57 Å². The van der Waals surface area contributed by atoms with Crippen LogP contribution in [0.4, 0.5) is 5.13 Å². The number of carboxylic acids is 1. The van der Waals surface area contributed by atoms with Crippen LogP contribution in [0.25, 0.3) is 0 Å². The van der Waals surface area contributed by atoms with Crippen LogP contribution in [0.2, 0.25) is 0 Å². The average molecular weight is 280 g/mol. The van der Waals surface area contributed by atoms with Gasteiger partial charge in [0.1, 0.15) is 17.7 Å². The molecule has 0 fully saturated rings. The Morgan fingerprint density at radius 3 is 2.79 bits per heavy atom. The quantitative estimate of drug-likeness (QED) is 0.544. The highest BCUT2D eigenvalue weighted by atomic mass is 32.1. The van der Waals surface area contributed by atoms with Crippen molar-refractivity contribution < 1.29 is 14.7 Å². The second-order valence-corrected chi connectivity index (χ2v) is 4.50. The van der Waals surface area contributed by atoms with E-state index in [1.165, 1.54) is 24.5 Å². The Bertz CT molecular complexity index is 559. The fourth-order valence-corrected chi connectivity index (χ4v) is 1.70. The van der Waals surface area contributed by atoms with Crippen molar-refractivity contribution in [2.75, 3.05) is 5.32 Å². The maximum absolute atomic E-state index is 11.6. The molecule has 0 aromatic carbocycles. The first-order valence-corrected chi connectivity index (χ1v) is 6.14. The van der Waals surface area contributed by atoms with Gasteiger partial charge in [0.2, 0.25) is 0 Å².